The first kappa shape index (κ1) is 27.0. The Bertz CT molecular complexity index is 1050. The molecule has 6 nitrogen and oxygen atoms in total. The van der Waals surface area contributed by atoms with Crippen molar-refractivity contribution in [2.45, 2.75) is 75.5 Å². The van der Waals surface area contributed by atoms with Crippen molar-refractivity contribution in [2.75, 3.05) is 12.0 Å². The Morgan fingerprint density at radius 2 is 1.85 bits per heavy atom. The second kappa shape index (κ2) is 12.4. The molecule has 0 radical (unpaired) electrons. The SMILES string of the molecule is CC[C@H](NC(=O)[C@@H](CSc1cccc2ccccc12)NS(C)(=O)=O)[C@H](O)CC1CCCC[C@H]1C. The maximum absolute atomic E-state index is 13.2. The minimum atomic E-state index is -3.59. The number of carbonyl (C=O) groups excluding carboxylic acids is 1. The van der Waals surface area contributed by atoms with Gasteiger partial charge in [0.1, 0.15) is 6.04 Å². The number of thioether (sulfide) groups is 1. The molecule has 1 saturated carbocycles. The van der Waals surface area contributed by atoms with Crippen LogP contribution in [-0.4, -0.2) is 49.6 Å². The average molecular weight is 507 g/mol. The van der Waals surface area contributed by atoms with Crippen molar-refractivity contribution < 1.29 is 18.3 Å². The molecule has 0 spiro atoms. The number of fused-ring (bicyclic) bond motifs is 1. The van der Waals surface area contributed by atoms with Crippen LogP contribution in [0.2, 0.25) is 0 Å². The molecule has 0 aliphatic heterocycles. The predicted octanol–water partition coefficient (Wildman–Crippen LogP) is 4.32. The van der Waals surface area contributed by atoms with Gasteiger partial charge >= 0.3 is 0 Å². The molecule has 2 aromatic carbocycles. The van der Waals surface area contributed by atoms with Gasteiger partial charge in [0.2, 0.25) is 15.9 Å². The van der Waals surface area contributed by atoms with Crippen LogP contribution in [0.1, 0.15) is 52.4 Å². The third-order valence-electron chi connectivity index (χ3n) is 6.89. The van der Waals surface area contributed by atoms with Crippen molar-refractivity contribution in [1.29, 1.82) is 0 Å². The summed E-state index contributed by atoms with van der Waals surface area (Å²) in [5, 5.41) is 16.0. The number of carbonyl (C=O) groups is 1. The molecule has 34 heavy (non-hydrogen) atoms. The van der Waals surface area contributed by atoms with Gasteiger partial charge in [0, 0.05) is 10.6 Å². The molecule has 0 saturated heterocycles. The highest BCUT2D eigenvalue weighted by Gasteiger charge is 2.30. The lowest BCUT2D eigenvalue weighted by Crippen LogP contribution is -2.53. The standard InChI is InChI=1S/C26H38N2O4S2/c1-4-22(24(29)16-20-12-6-5-10-18(20)2)27-26(30)23(28-34(3,31)32)17-33-25-15-9-13-19-11-7-8-14-21(19)25/h7-9,11,13-15,18,20,22-24,28-29H,4-6,10,12,16-17H2,1-3H3,(H,27,30)/t18-,20?,22+,23-,24-/m1/s1. The zero-order chi connectivity index (χ0) is 24.7. The number of rotatable bonds is 11. The van der Waals surface area contributed by atoms with E-state index in [2.05, 4.69) is 17.0 Å². The Labute approximate surface area is 208 Å². The van der Waals surface area contributed by atoms with Gasteiger partial charge in [-0.2, -0.15) is 0 Å². The summed E-state index contributed by atoms with van der Waals surface area (Å²) in [6.07, 6.45) is 6.39. The highest BCUT2D eigenvalue weighted by Crippen LogP contribution is 2.33. The smallest absolute Gasteiger partial charge is 0.239 e. The van der Waals surface area contributed by atoms with E-state index in [1.807, 2.05) is 49.4 Å². The van der Waals surface area contributed by atoms with E-state index < -0.39 is 34.1 Å². The van der Waals surface area contributed by atoms with Crippen molar-refractivity contribution in [1.82, 2.24) is 10.0 Å². The van der Waals surface area contributed by atoms with Gasteiger partial charge in [0.25, 0.3) is 0 Å². The molecule has 188 valence electrons. The van der Waals surface area contributed by atoms with Crippen LogP contribution in [0.25, 0.3) is 10.8 Å². The molecule has 5 atom stereocenters. The van der Waals surface area contributed by atoms with Gasteiger partial charge in [-0.3, -0.25) is 4.79 Å². The number of hydrogen-bond acceptors (Lipinski definition) is 5. The molecule has 2 aromatic rings. The van der Waals surface area contributed by atoms with Gasteiger partial charge < -0.3 is 10.4 Å². The van der Waals surface area contributed by atoms with E-state index in [9.17, 15) is 18.3 Å². The lowest BCUT2D eigenvalue weighted by molar-refractivity contribution is -0.124. The summed E-state index contributed by atoms with van der Waals surface area (Å²) in [6, 6.07) is 12.6. The third kappa shape index (κ3) is 7.70. The van der Waals surface area contributed by atoms with Gasteiger partial charge in [0.15, 0.2) is 0 Å². The molecular weight excluding hydrogens is 468 g/mol. The van der Waals surface area contributed by atoms with Crippen molar-refractivity contribution in [3.05, 3.63) is 42.5 Å². The monoisotopic (exact) mass is 506 g/mol. The highest BCUT2D eigenvalue weighted by molar-refractivity contribution is 7.99. The maximum atomic E-state index is 13.2. The van der Waals surface area contributed by atoms with Crippen LogP contribution < -0.4 is 10.0 Å². The van der Waals surface area contributed by atoms with E-state index in [-0.39, 0.29) is 5.75 Å². The second-order valence-electron chi connectivity index (χ2n) is 9.58. The third-order valence-corrected chi connectivity index (χ3v) is 8.77. The average Bonchev–Trinajstić information content (AvgIpc) is 2.80. The van der Waals surface area contributed by atoms with Crippen LogP contribution in [0.4, 0.5) is 0 Å². The fraction of sp³-hybridized carbons (Fsp3) is 0.577. The van der Waals surface area contributed by atoms with Crippen LogP contribution in [0.5, 0.6) is 0 Å². The summed E-state index contributed by atoms with van der Waals surface area (Å²) in [5.41, 5.74) is 0. The summed E-state index contributed by atoms with van der Waals surface area (Å²) in [7, 11) is -3.59. The summed E-state index contributed by atoms with van der Waals surface area (Å²) in [4.78, 5) is 14.2. The number of hydrogen-bond donors (Lipinski definition) is 3. The van der Waals surface area contributed by atoms with Gasteiger partial charge in [0.05, 0.1) is 18.4 Å². The Morgan fingerprint density at radius 1 is 1.15 bits per heavy atom. The molecule has 1 aliphatic rings. The van der Waals surface area contributed by atoms with E-state index in [1.165, 1.54) is 31.0 Å². The molecule has 0 bridgehead atoms. The largest absolute Gasteiger partial charge is 0.391 e. The number of nitrogens with one attached hydrogen (secondary N) is 2. The van der Waals surface area contributed by atoms with Crippen molar-refractivity contribution >= 4 is 38.5 Å². The van der Waals surface area contributed by atoms with E-state index in [0.717, 1.165) is 28.3 Å². The quantitative estimate of drug-likeness (QED) is 0.395. The minimum absolute atomic E-state index is 0.249. The molecule has 0 heterocycles. The molecule has 0 aromatic heterocycles. The lowest BCUT2D eigenvalue weighted by atomic mass is 9.76. The fourth-order valence-corrected chi connectivity index (χ4v) is 6.80. The van der Waals surface area contributed by atoms with Crippen LogP contribution in [-0.2, 0) is 14.8 Å². The number of amides is 1. The second-order valence-corrected chi connectivity index (χ2v) is 12.4. The predicted molar refractivity (Wildman–Crippen MR) is 140 cm³/mol. The zero-order valence-electron chi connectivity index (χ0n) is 20.4. The summed E-state index contributed by atoms with van der Waals surface area (Å²) >= 11 is 1.45. The first-order valence-corrected chi connectivity index (χ1v) is 15.1. The molecular formula is C26H38N2O4S2. The van der Waals surface area contributed by atoms with Crippen molar-refractivity contribution in [2.24, 2.45) is 11.8 Å². The molecule has 1 amide bonds. The minimum Gasteiger partial charge on any atom is -0.391 e. The molecule has 3 rings (SSSR count). The number of aliphatic hydroxyl groups is 1. The molecule has 1 aliphatic carbocycles. The van der Waals surface area contributed by atoms with Gasteiger partial charge in [-0.25, -0.2) is 13.1 Å². The summed E-state index contributed by atoms with van der Waals surface area (Å²) < 4.78 is 26.5. The van der Waals surface area contributed by atoms with Crippen LogP contribution >= 0.6 is 11.8 Å². The highest BCUT2D eigenvalue weighted by atomic mass is 32.2. The zero-order valence-corrected chi connectivity index (χ0v) is 22.0. The van der Waals surface area contributed by atoms with Crippen LogP contribution in [0, 0.1) is 11.8 Å². The number of benzene rings is 2. The Balaban J connectivity index is 1.68. The van der Waals surface area contributed by atoms with Gasteiger partial charge in [-0.05, 0) is 41.5 Å². The Hall–Kier alpha value is -1.61. The Kier molecular flexibility index (Phi) is 9.83. The molecule has 3 N–H and O–H groups in total. The Morgan fingerprint density at radius 3 is 2.56 bits per heavy atom. The molecule has 1 fully saturated rings. The van der Waals surface area contributed by atoms with Crippen LogP contribution in [0.15, 0.2) is 47.4 Å². The fourth-order valence-electron chi connectivity index (χ4n) is 4.89. The summed E-state index contributed by atoms with van der Waals surface area (Å²) in [5.74, 6) is 0.884. The normalized spacial score (nSPS) is 21.6. The maximum Gasteiger partial charge on any atom is 0.239 e. The first-order chi connectivity index (χ1) is 16.2. The molecule has 8 heteroatoms. The van der Waals surface area contributed by atoms with E-state index in [4.69, 9.17) is 0 Å². The van der Waals surface area contributed by atoms with E-state index >= 15 is 0 Å². The topological polar surface area (TPSA) is 95.5 Å². The number of sulfonamides is 1. The van der Waals surface area contributed by atoms with Gasteiger partial charge in [-0.1, -0.05) is 75.9 Å². The van der Waals surface area contributed by atoms with Crippen molar-refractivity contribution in [3.8, 4) is 0 Å². The van der Waals surface area contributed by atoms with E-state index in [1.54, 1.807) is 0 Å². The van der Waals surface area contributed by atoms with Gasteiger partial charge in [-0.15, -0.1) is 11.8 Å². The number of aliphatic hydroxyl groups excluding tert-OH is 1. The van der Waals surface area contributed by atoms with Crippen LogP contribution in [0.3, 0.4) is 0 Å². The lowest BCUT2D eigenvalue weighted by Gasteiger charge is -2.33. The van der Waals surface area contributed by atoms with Crippen molar-refractivity contribution in [3.63, 3.8) is 0 Å². The summed E-state index contributed by atoms with van der Waals surface area (Å²) in [6.45, 7) is 4.18. The van der Waals surface area contributed by atoms with E-state index in [0.29, 0.717) is 24.7 Å². The first-order valence-electron chi connectivity index (χ1n) is 12.2. The molecule has 1 unspecified atom stereocenters.